The van der Waals surface area contributed by atoms with Crippen molar-refractivity contribution < 1.29 is 39.2 Å². The zero-order valence-corrected chi connectivity index (χ0v) is 20.1. The normalized spacial score (nSPS) is 49.8. The molecule has 0 aromatic heterocycles. The molecule has 3 N–H and O–H groups in total. The van der Waals surface area contributed by atoms with Crippen LogP contribution in [0.5, 0.6) is 0 Å². The number of aliphatic hydroxyl groups is 3. The maximum absolute atomic E-state index is 13.1. The summed E-state index contributed by atoms with van der Waals surface area (Å²) in [4.78, 5) is 50.4. The van der Waals surface area contributed by atoms with Crippen LogP contribution < -0.4 is 0 Å². The number of hydrogen-bond acceptors (Lipinski definition) is 10. The van der Waals surface area contributed by atoms with E-state index < -0.39 is 82.4 Å². The van der Waals surface area contributed by atoms with E-state index in [1.165, 1.54) is 13.0 Å². The number of esters is 2. The molecule has 3 fully saturated rings. The van der Waals surface area contributed by atoms with Gasteiger partial charge in [-0.15, -0.1) is 0 Å². The highest BCUT2D eigenvalue weighted by atomic mass is 16.6. The van der Waals surface area contributed by atoms with Crippen LogP contribution in [0.4, 0.5) is 0 Å². The Kier molecular flexibility index (Phi) is 5.81. The third-order valence-corrected chi connectivity index (χ3v) is 9.20. The van der Waals surface area contributed by atoms with Crippen molar-refractivity contribution in [3.63, 3.8) is 0 Å². The molecule has 0 bridgehead atoms. The van der Waals surface area contributed by atoms with Crippen molar-refractivity contribution in [1.82, 2.24) is 0 Å². The standard InChI is InChI=1S/C24H33NO9/c1-6-7-14(27)34-16-18-23(4)13(33-21(16)30)9-11-10(2)8-12(26)19(28)22(11,3)17(23)15(25-32)20(29)24(18,5)31/h8,11,13,15-20,28-29,31H,6-7,9H2,1-5H3/t11-,13?,15?,16?,17+,18?,19?,20-,22?,23?,24+/m0/s1. The van der Waals surface area contributed by atoms with Crippen LogP contribution in [-0.2, 0) is 23.9 Å². The van der Waals surface area contributed by atoms with Gasteiger partial charge in [-0.2, -0.15) is 4.91 Å². The Morgan fingerprint density at radius 3 is 2.44 bits per heavy atom. The topological polar surface area (TPSA) is 160 Å². The van der Waals surface area contributed by atoms with E-state index in [-0.39, 0.29) is 12.8 Å². The highest BCUT2D eigenvalue weighted by Gasteiger charge is 2.78. The number of carbonyl (C=O) groups excluding carboxylic acids is 3. The van der Waals surface area contributed by atoms with E-state index in [4.69, 9.17) is 9.47 Å². The van der Waals surface area contributed by atoms with Gasteiger partial charge in [-0.1, -0.05) is 31.5 Å². The Morgan fingerprint density at radius 2 is 1.85 bits per heavy atom. The van der Waals surface area contributed by atoms with Gasteiger partial charge in [-0.05, 0) is 38.7 Å². The molecular weight excluding hydrogens is 446 g/mol. The highest BCUT2D eigenvalue weighted by Crippen LogP contribution is 2.69. The first kappa shape index (κ1) is 24.9. The molecule has 4 aliphatic rings. The molecule has 0 amide bonds. The molecule has 3 aliphatic carbocycles. The van der Waals surface area contributed by atoms with Crippen molar-refractivity contribution in [2.24, 2.45) is 33.8 Å². The van der Waals surface area contributed by atoms with Gasteiger partial charge in [0, 0.05) is 29.1 Å². The fourth-order valence-corrected chi connectivity index (χ4v) is 7.82. The summed E-state index contributed by atoms with van der Waals surface area (Å²) in [6, 6.07) is -1.41. The minimum atomic E-state index is -2.06. The average molecular weight is 480 g/mol. The zero-order valence-electron chi connectivity index (χ0n) is 20.1. The van der Waals surface area contributed by atoms with Crippen molar-refractivity contribution in [2.45, 2.75) is 89.9 Å². The first-order valence-corrected chi connectivity index (χ1v) is 11.8. The number of ether oxygens (including phenoxy) is 2. The molecule has 10 heteroatoms. The van der Waals surface area contributed by atoms with Crippen molar-refractivity contribution in [3.8, 4) is 0 Å². The highest BCUT2D eigenvalue weighted by molar-refractivity contribution is 5.96. The van der Waals surface area contributed by atoms with Crippen LogP contribution >= 0.6 is 0 Å². The number of nitroso groups, excluding NO2 is 1. The van der Waals surface area contributed by atoms with Crippen molar-refractivity contribution >= 4 is 17.7 Å². The summed E-state index contributed by atoms with van der Waals surface area (Å²) in [7, 11) is 0. The summed E-state index contributed by atoms with van der Waals surface area (Å²) >= 11 is 0. The molecule has 11 atom stereocenters. The number of rotatable bonds is 4. The number of allylic oxidation sites excluding steroid dienone is 1. The molecule has 1 aliphatic heterocycles. The van der Waals surface area contributed by atoms with Gasteiger partial charge in [-0.3, -0.25) is 9.59 Å². The average Bonchev–Trinajstić information content (AvgIpc) is 2.74. The number of aliphatic hydroxyl groups excluding tert-OH is 2. The Morgan fingerprint density at radius 1 is 1.21 bits per heavy atom. The summed E-state index contributed by atoms with van der Waals surface area (Å²) in [6.45, 7) is 8.18. The molecule has 0 radical (unpaired) electrons. The molecule has 0 aromatic rings. The Bertz CT molecular complexity index is 960. The number of fused-ring (bicyclic) bond motifs is 2. The second kappa shape index (κ2) is 7.93. The largest absolute Gasteiger partial charge is 0.459 e. The van der Waals surface area contributed by atoms with E-state index in [2.05, 4.69) is 5.18 Å². The third-order valence-electron chi connectivity index (χ3n) is 9.20. The van der Waals surface area contributed by atoms with Gasteiger partial charge in [0.1, 0.15) is 24.4 Å². The first-order chi connectivity index (χ1) is 15.8. The summed E-state index contributed by atoms with van der Waals surface area (Å²) in [5, 5.41) is 37.1. The van der Waals surface area contributed by atoms with Crippen molar-refractivity contribution in [2.75, 3.05) is 0 Å². The number of hydrogen-bond donors (Lipinski definition) is 3. The molecule has 1 heterocycles. The lowest BCUT2D eigenvalue weighted by Gasteiger charge is -2.70. The van der Waals surface area contributed by atoms with Gasteiger partial charge < -0.3 is 24.8 Å². The van der Waals surface area contributed by atoms with Crippen LogP contribution in [0.25, 0.3) is 0 Å². The second-order valence-electron chi connectivity index (χ2n) is 11.0. The molecular formula is C24H33NO9. The van der Waals surface area contributed by atoms with Gasteiger partial charge in [0.25, 0.3) is 0 Å². The lowest BCUT2D eigenvalue weighted by molar-refractivity contribution is -0.315. The molecule has 188 valence electrons. The molecule has 2 saturated carbocycles. The van der Waals surface area contributed by atoms with Crippen molar-refractivity contribution in [1.29, 1.82) is 0 Å². The van der Waals surface area contributed by atoms with E-state index in [1.807, 2.05) is 0 Å². The van der Waals surface area contributed by atoms with Gasteiger partial charge in [0.15, 0.2) is 5.78 Å². The van der Waals surface area contributed by atoms with E-state index >= 15 is 0 Å². The molecule has 7 unspecified atom stereocenters. The molecule has 4 rings (SSSR count). The monoisotopic (exact) mass is 479 g/mol. The smallest absolute Gasteiger partial charge is 0.348 e. The summed E-state index contributed by atoms with van der Waals surface area (Å²) < 4.78 is 11.3. The van der Waals surface area contributed by atoms with Crippen LogP contribution in [0.1, 0.15) is 53.9 Å². The van der Waals surface area contributed by atoms with Crippen LogP contribution in [0.2, 0.25) is 0 Å². The number of nitrogens with zero attached hydrogens (tertiary/aromatic N) is 1. The van der Waals surface area contributed by atoms with E-state index in [0.29, 0.717) is 12.0 Å². The second-order valence-corrected chi connectivity index (χ2v) is 11.0. The quantitative estimate of drug-likeness (QED) is 0.395. The van der Waals surface area contributed by atoms with Gasteiger partial charge >= 0.3 is 11.9 Å². The number of ketones is 1. The fourth-order valence-electron chi connectivity index (χ4n) is 7.82. The van der Waals surface area contributed by atoms with E-state index in [0.717, 1.165) is 0 Å². The third kappa shape index (κ3) is 3.01. The van der Waals surface area contributed by atoms with Crippen LogP contribution in [-0.4, -0.2) is 69.1 Å². The lowest BCUT2D eigenvalue weighted by atomic mass is 9.37. The molecule has 1 saturated heterocycles. The molecule has 0 aromatic carbocycles. The molecule has 34 heavy (non-hydrogen) atoms. The molecule has 0 spiro atoms. The lowest BCUT2D eigenvalue weighted by Crippen LogP contribution is -2.80. The van der Waals surface area contributed by atoms with Crippen molar-refractivity contribution in [3.05, 3.63) is 16.6 Å². The van der Waals surface area contributed by atoms with Crippen LogP contribution in [0, 0.1) is 33.5 Å². The van der Waals surface area contributed by atoms with Crippen LogP contribution in [0.3, 0.4) is 0 Å². The SMILES string of the molecule is CCCC(=O)OC1C(=O)OC2C[C@H]3C(C)=CC(=O)C(O)C3(C)[C@H]3C(N=O)[C@H](O)[C@](C)(O)C1C23C. The Labute approximate surface area is 197 Å². The van der Waals surface area contributed by atoms with Gasteiger partial charge in [-0.25, -0.2) is 4.79 Å². The Balaban J connectivity index is 1.95. The maximum Gasteiger partial charge on any atom is 0.348 e. The predicted octanol–water partition coefficient (Wildman–Crippen LogP) is 1.04. The van der Waals surface area contributed by atoms with E-state index in [9.17, 15) is 34.6 Å². The maximum atomic E-state index is 13.1. The molecule has 10 nitrogen and oxygen atoms in total. The number of carbonyl (C=O) groups is 3. The predicted molar refractivity (Wildman–Crippen MR) is 117 cm³/mol. The summed E-state index contributed by atoms with van der Waals surface area (Å²) in [6.07, 6.45) is -3.50. The van der Waals surface area contributed by atoms with Crippen LogP contribution in [0.15, 0.2) is 16.8 Å². The minimum Gasteiger partial charge on any atom is -0.459 e. The fraction of sp³-hybridized carbons (Fsp3) is 0.792. The Hall–Kier alpha value is -2.17. The zero-order chi connectivity index (χ0) is 25.4. The van der Waals surface area contributed by atoms with E-state index in [1.54, 1.807) is 27.7 Å². The van der Waals surface area contributed by atoms with Gasteiger partial charge in [0.05, 0.1) is 5.60 Å². The minimum absolute atomic E-state index is 0.0419. The first-order valence-electron chi connectivity index (χ1n) is 11.8. The van der Waals surface area contributed by atoms with Gasteiger partial charge in [0.2, 0.25) is 6.10 Å². The summed E-state index contributed by atoms with van der Waals surface area (Å²) in [5.74, 6) is -4.60. The summed E-state index contributed by atoms with van der Waals surface area (Å²) in [5.41, 5.74) is -3.90.